The number of morpholine rings is 1. The van der Waals surface area contributed by atoms with Crippen LogP contribution in [0.1, 0.15) is 11.1 Å². The maximum Gasteiger partial charge on any atom is 0.319 e. The van der Waals surface area contributed by atoms with E-state index in [0.29, 0.717) is 12.2 Å². The van der Waals surface area contributed by atoms with Gasteiger partial charge in [0.1, 0.15) is 5.82 Å². The lowest BCUT2D eigenvalue weighted by Crippen LogP contribution is -2.43. The number of rotatable bonds is 6. The summed E-state index contributed by atoms with van der Waals surface area (Å²) in [5, 5.41) is 5.76. The lowest BCUT2D eigenvalue weighted by molar-refractivity contribution is 0.122. The van der Waals surface area contributed by atoms with Crippen molar-refractivity contribution in [2.45, 2.75) is 13.1 Å². The molecule has 0 spiro atoms. The topological polar surface area (TPSA) is 73.0 Å². The van der Waals surface area contributed by atoms with Crippen molar-refractivity contribution in [1.82, 2.24) is 20.1 Å². The third kappa shape index (κ3) is 6.40. The third-order valence-electron chi connectivity index (χ3n) is 5.82. The molecule has 2 fully saturated rings. The van der Waals surface area contributed by atoms with E-state index in [9.17, 15) is 4.79 Å². The van der Waals surface area contributed by atoms with Crippen LogP contribution in [0, 0.1) is 0 Å². The molecule has 0 bridgehead atoms. The number of anilines is 2. The number of hydrogen-bond acceptors (Lipinski definition) is 6. The van der Waals surface area contributed by atoms with Crippen molar-refractivity contribution in [2.24, 2.45) is 0 Å². The summed E-state index contributed by atoms with van der Waals surface area (Å²) in [5.41, 5.74) is 3.07. The maximum atomic E-state index is 12.2. The van der Waals surface area contributed by atoms with Gasteiger partial charge in [0.25, 0.3) is 0 Å². The van der Waals surface area contributed by atoms with Crippen molar-refractivity contribution in [1.29, 1.82) is 0 Å². The van der Waals surface area contributed by atoms with E-state index >= 15 is 0 Å². The molecule has 0 aliphatic carbocycles. The fraction of sp³-hybridized carbons (Fsp3) is 0.478. The summed E-state index contributed by atoms with van der Waals surface area (Å²) in [4.78, 5) is 23.7. The van der Waals surface area contributed by atoms with Gasteiger partial charge in [-0.3, -0.25) is 4.90 Å². The van der Waals surface area contributed by atoms with Crippen LogP contribution in [0.2, 0.25) is 0 Å². The van der Waals surface area contributed by atoms with Gasteiger partial charge >= 0.3 is 6.03 Å². The highest BCUT2D eigenvalue weighted by Crippen LogP contribution is 2.15. The minimum atomic E-state index is -0.234. The van der Waals surface area contributed by atoms with Crippen molar-refractivity contribution in [3.05, 3.63) is 53.7 Å². The molecule has 166 valence electrons. The normalized spacial score (nSPS) is 18.0. The fourth-order valence-corrected chi connectivity index (χ4v) is 3.82. The highest BCUT2D eigenvalue weighted by molar-refractivity contribution is 5.89. The second kappa shape index (κ2) is 10.6. The highest BCUT2D eigenvalue weighted by atomic mass is 16.5. The van der Waals surface area contributed by atoms with Crippen LogP contribution in [0.4, 0.5) is 16.3 Å². The Bertz CT molecular complexity index is 828. The summed E-state index contributed by atoms with van der Waals surface area (Å²) < 4.78 is 5.37. The van der Waals surface area contributed by atoms with E-state index in [0.717, 1.165) is 70.4 Å². The summed E-state index contributed by atoms with van der Waals surface area (Å²) >= 11 is 0. The number of likely N-dealkylation sites (N-methyl/N-ethyl adjacent to an activating group) is 1. The summed E-state index contributed by atoms with van der Waals surface area (Å²) in [7, 11) is 2.17. The summed E-state index contributed by atoms with van der Waals surface area (Å²) in [6.45, 7) is 9.08. The predicted molar refractivity (Wildman–Crippen MR) is 122 cm³/mol. The number of urea groups is 1. The first-order chi connectivity index (χ1) is 15.2. The van der Waals surface area contributed by atoms with Gasteiger partial charge in [0.05, 0.1) is 25.1 Å². The molecule has 0 unspecified atom stereocenters. The van der Waals surface area contributed by atoms with E-state index < -0.39 is 0 Å². The van der Waals surface area contributed by atoms with E-state index in [1.165, 1.54) is 5.56 Å². The van der Waals surface area contributed by atoms with Crippen LogP contribution < -0.4 is 15.5 Å². The van der Waals surface area contributed by atoms with Gasteiger partial charge in [-0.15, -0.1) is 0 Å². The first-order valence-corrected chi connectivity index (χ1v) is 11.0. The summed E-state index contributed by atoms with van der Waals surface area (Å²) in [6, 6.07) is 12.1. The molecule has 2 amide bonds. The Hall–Kier alpha value is -2.68. The number of pyridine rings is 1. The standard InChI is InChI=1S/C23H32N6O2/c1-27-8-10-28(11-9-27)18-20-4-2-19(3-5-20)16-25-23(30)26-21-6-7-22(24-17-21)29-12-14-31-15-13-29/h2-7,17H,8-16,18H2,1H3,(H2,25,26,30). The Morgan fingerprint density at radius 3 is 2.35 bits per heavy atom. The van der Waals surface area contributed by atoms with Gasteiger partial charge in [-0.2, -0.15) is 0 Å². The van der Waals surface area contributed by atoms with Crippen molar-refractivity contribution in [3.63, 3.8) is 0 Å². The van der Waals surface area contributed by atoms with Gasteiger partial charge in [0.2, 0.25) is 0 Å². The monoisotopic (exact) mass is 424 g/mol. The van der Waals surface area contributed by atoms with Crippen LogP contribution in [0.15, 0.2) is 42.6 Å². The zero-order valence-electron chi connectivity index (χ0n) is 18.2. The van der Waals surface area contributed by atoms with Gasteiger partial charge in [0.15, 0.2) is 0 Å². The minimum absolute atomic E-state index is 0.234. The first-order valence-electron chi connectivity index (χ1n) is 11.0. The van der Waals surface area contributed by atoms with E-state index in [1.54, 1.807) is 6.20 Å². The first kappa shape index (κ1) is 21.5. The molecule has 2 aromatic rings. The Morgan fingerprint density at radius 2 is 1.68 bits per heavy atom. The van der Waals surface area contributed by atoms with Crippen LogP contribution in [-0.2, 0) is 17.8 Å². The number of amides is 2. The zero-order chi connectivity index (χ0) is 21.5. The number of aromatic nitrogens is 1. The van der Waals surface area contributed by atoms with Crippen LogP contribution in [0.5, 0.6) is 0 Å². The fourth-order valence-electron chi connectivity index (χ4n) is 3.82. The SMILES string of the molecule is CN1CCN(Cc2ccc(CNC(=O)Nc3ccc(N4CCOCC4)nc3)cc2)CC1. The number of benzene rings is 1. The van der Waals surface area contributed by atoms with Crippen LogP contribution in [0.3, 0.4) is 0 Å². The Labute approximate surface area is 184 Å². The van der Waals surface area contributed by atoms with Crippen LogP contribution in [-0.4, -0.2) is 80.3 Å². The average Bonchev–Trinajstić information content (AvgIpc) is 2.81. The molecule has 2 aliphatic rings. The third-order valence-corrected chi connectivity index (χ3v) is 5.82. The van der Waals surface area contributed by atoms with E-state index in [4.69, 9.17) is 4.74 Å². The largest absolute Gasteiger partial charge is 0.378 e. The lowest BCUT2D eigenvalue weighted by Gasteiger charge is -2.32. The second-order valence-electron chi connectivity index (χ2n) is 8.21. The van der Waals surface area contributed by atoms with Gasteiger partial charge in [-0.1, -0.05) is 24.3 Å². The van der Waals surface area contributed by atoms with Gasteiger partial charge in [-0.05, 0) is 30.3 Å². The molecule has 1 aromatic heterocycles. The molecular formula is C23H32N6O2. The Balaban J connectivity index is 1.20. The number of carbonyl (C=O) groups is 1. The Kier molecular flexibility index (Phi) is 7.35. The maximum absolute atomic E-state index is 12.2. The number of carbonyl (C=O) groups excluding carboxylic acids is 1. The smallest absolute Gasteiger partial charge is 0.319 e. The quantitative estimate of drug-likeness (QED) is 0.739. The van der Waals surface area contributed by atoms with Crippen LogP contribution >= 0.6 is 0 Å². The van der Waals surface area contributed by atoms with Gasteiger partial charge in [-0.25, -0.2) is 9.78 Å². The molecule has 0 atom stereocenters. The lowest BCUT2D eigenvalue weighted by atomic mass is 10.1. The molecular weight excluding hydrogens is 392 g/mol. The van der Waals surface area contributed by atoms with Crippen molar-refractivity contribution < 1.29 is 9.53 Å². The minimum Gasteiger partial charge on any atom is -0.378 e. The zero-order valence-corrected chi connectivity index (χ0v) is 18.2. The molecule has 2 saturated heterocycles. The van der Waals surface area contributed by atoms with E-state index in [1.807, 2.05) is 12.1 Å². The average molecular weight is 425 g/mol. The summed E-state index contributed by atoms with van der Waals surface area (Å²) in [5.74, 6) is 0.908. The number of nitrogens with zero attached hydrogens (tertiary/aromatic N) is 4. The molecule has 2 N–H and O–H groups in total. The number of nitrogens with one attached hydrogen (secondary N) is 2. The molecule has 0 radical (unpaired) electrons. The highest BCUT2D eigenvalue weighted by Gasteiger charge is 2.14. The molecule has 1 aromatic carbocycles. The van der Waals surface area contributed by atoms with Crippen LogP contribution in [0.25, 0.3) is 0 Å². The molecule has 31 heavy (non-hydrogen) atoms. The van der Waals surface area contributed by atoms with Gasteiger partial charge < -0.3 is 25.2 Å². The van der Waals surface area contributed by atoms with Crippen molar-refractivity contribution in [2.75, 3.05) is 69.7 Å². The molecule has 0 saturated carbocycles. The number of ether oxygens (including phenoxy) is 1. The van der Waals surface area contributed by atoms with E-state index in [-0.39, 0.29) is 6.03 Å². The molecule has 3 heterocycles. The predicted octanol–water partition coefficient (Wildman–Crippen LogP) is 1.99. The van der Waals surface area contributed by atoms with Crippen molar-refractivity contribution >= 4 is 17.5 Å². The van der Waals surface area contributed by atoms with E-state index in [2.05, 4.69) is 61.6 Å². The summed E-state index contributed by atoms with van der Waals surface area (Å²) in [6.07, 6.45) is 1.69. The number of piperazine rings is 1. The second-order valence-corrected chi connectivity index (χ2v) is 8.21. The number of hydrogen-bond donors (Lipinski definition) is 2. The van der Waals surface area contributed by atoms with Gasteiger partial charge in [0, 0.05) is 52.4 Å². The molecule has 4 rings (SSSR count). The molecule has 2 aliphatic heterocycles. The molecule has 8 nitrogen and oxygen atoms in total. The Morgan fingerprint density at radius 1 is 0.968 bits per heavy atom. The van der Waals surface area contributed by atoms with Crippen molar-refractivity contribution in [3.8, 4) is 0 Å². The molecule has 8 heteroatoms.